The van der Waals surface area contributed by atoms with Crippen molar-refractivity contribution in [3.8, 4) is 0 Å². The number of rotatable bonds is 3. The summed E-state index contributed by atoms with van der Waals surface area (Å²) in [6, 6.07) is -0.531. The van der Waals surface area contributed by atoms with Crippen LogP contribution >= 0.6 is 0 Å². The van der Waals surface area contributed by atoms with Gasteiger partial charge in [-0.05, 0) is 12.0 Å². The first-order chi connectivity index (χ1) is 8.65. The summed E-state index contributed by atoms with van der Waals surface area (Å²) in [5.41, 5.74) is 7.47. The van der Waals surface area contributed by atoms with Crippen molar-refractivity contribution in [2.24, 2.45) is 5.11 Å². The van der Waals surface area contributed by atoms with E-state index in [2.05, 4.69) is 20.0 Å². The minimum absolute atomic E-state index is 0.240. The van der Waals surface area contributed by atoms with E-state index in [1.54, 1.807) is 0 Å². The third-order valence-corrected chi connectivity index (χ3v) is 2.80. The molecule has 2 heterocycles. The number of nitrogens with zero attached hydrogens (tertiary/aromatic N) is 3. The Balaban J connectivity index is 2.28. The van der Waals surface area contributed by atoms with E-state index in [1.807, 2.05) is 0 Å². The molecule has 1 aromatic rings. The zero-order valence-corrected chi connectivity index (χ0v) is 9.24. The highest BCUT2D eigenvalue weighted by Crippen LogP contribution is 2.32. The first-order valence-electron chi connectivity index (χ1n) is 5.28. The number of nitrogens with one attached hydrogen (secondary N) is 2. The van der Waals surface area contributed by atoms with Crippen LogP contribution in [0.2, 0.25) is 0 Å². The standard InChI is InChI=1S/C9H11N5O4/c10-14-13-5-1-6(18-7(5)3-15)4-2-11-9(17)12-8(4)16/h2,5-7,15H,1,3H2,(H2,11,12,16,17)/t5?,6?,7-/m1/s1. The molecular formula is C9H11N5O4. The van der Waals surface area contributed by atoms with Crippen molar-refractivity contribution in [2.45, 2.75) is 24.7 Å². The normalized spacial score (nSPS) is 26.8. The van der Waals surface area contributed by atoms with Crippen molar-refractivity contribution in [3.05, 3.63) is 43.0 Å². The van der Waals surface area contributed by atoms with Gasteiger partial charge in [0.2, 0.25) is 0 Å². The van der Waals surface area contributed by atoms with Crippen molar-refractivity contribution in [2.75, 3.05) is 6.61 Å². The molecule has 2 rings (SSSR count). The third kappa shape index (κ3) is 2.28. The maximum absolute atomic E-state index is 11.6. The van der Waals surface area contributed by atoms with E-state index < -0.39 is 29.5 Å². The Morgan fingerprint density at radius 2 is 2.39 bits per heavy atom. The fraction of sp³-hybridized carbons (Fsp3) is 0.556. The number of hydrogen-bond donors (Lipinski definition) is 3. The molecule has 0 aliphatic carbocycles. The van der Waals surface area contributed by atoms with Gasteiger partial charge in [-0.1, -0.05) is 5.11 Å². The Hall–Kier alpha value is -2.09. The second-order valence-electron chi connectivity index (χ2n) is 3.88. The first kappa shape index (κ1) is 12.4. The fourth-order valence-electron chi connectivity index (χ4n) is 1.94. The quantitative estimate of drug-likeness (QED) is 0.381. The van der Waals surface area contributed by atoms with Gasteiger partial charge in [0.25, 0.3) is 5.56 Å². The van der Waals surface area contributed by atoms with Gasteiger partial charge in [0.1, 0.15) is 0 Å². The monoisotopic (exact) mass is 253 g/mol. The lowest BCUT2D eigenvalue weighted by Crippen LogP contribution is -2.26. The molecular weight excluding hydrogens is 242 g/mol. The van der Waals surface area contributed by atoms with Gasteiger partial charge in [0.15, 0.2) is 0 Å². The summed E-state index contributed by atoms with van der Waals surface area (Å²) in [7, 11) is 0. The smallest absolute Gasteiger partial charge is 0.325 e. The lowest BCUT2D eigenvalue weighted by molar-refractivity contribution is 0.00649. The predicted molar refractivity (Wildman–Crippen MR) is 59.9 cm³/mol. The van der Waals surface area contributed by atoms with Gasteiger partial charge in [-0.15, -0.1) is 0 Å². The average molecular weight is 253 g/mol. The van der Waals surface area contributed by atoms with Crippen molar-refractivity contribution in [3.63, 3.8) is 0 Å². The van der Waals surface area contributed by atoms with Crippen LogP contribution in [0.4, 0.5) is 0 Å². The minimum atomic E-state index is -0.641. The second-order valence-corrected chi connectivity index (χ2v) is 3.88. The maximum Gasteiger partial charge on any atom is 0.325 e. The summed E-state index contributed by atoms with van der Waals surface area (Å²) in [5.74, 6) is 0. The Labute approximate surface area is 100 Å². The second kappa shape index (κ2) is 5.05. The lowest BCUT2D eigenvalue weighted by atomic mass is 10.1. The van der Waals surface area contributed by atoms with E-state index in [0.29, 0.717) is 0 Å². The van der Waals surface area contributed by atoms with Crippen LogP contribution in [-0.4, -0.2) is 33.8 Å². The molecule has 9 nitrogen and oxygen atoms in total. The van der Waals surface area contributed by atoms with Gasteiger partial charge in [-0.3, -0.25) is 9.78 Å². The zero-order chi connectivity index (χ0) is 13.1. The molecule has 0 bridgehead atoms. The minimum Gasteiger partial charge on any atom is -0.394 e. The van der Waals surface area contributed by atoms with E-state index in [4.69, 9.17) is 15.4 Å². The SMILES string of the molecule is [N-]=[N+]=NC1CC(c2c[nH]c(=O)[nH]c2=O)O[C@@H]1CO. The van der Waals surface area contributed by atoms with E-state index in [-0.39, 0.29) is 18.6 Å². The van der Waals surface area contributed by atoms with Crippen molar-refractivity contribution >= 4 is 0 Å². The summed E-state index contributed by atoms with van der Waals surface area (Å²) >= 11 is 0. The topological polar surface area (TPSA) is 144 Å². The molecule has 1 aromatic heterocycles. The Morgan fingerprint density at radius 1 is 1.61 bits per heavy atom. The first-order valence-corrected chi connectivity index (χ1v) is 5.28. The highest BCUT2D eigenvalue weighted by atomic mass is 16.5. The molecule has 0 saturated carbocycles. The van der Waals surface area contributed by atoms with E-state index in [9.17, 15) is 9.59 Å². The van der Waals surface area contributed by atoms with Gasteiger partial charge in [-0.2, -0.15) is 0 Å². The molecule has 0 spiro atoms. The molecule has 9 heteroatoms. The van der Waals surface area contributed by atoms with Crippen LogP contribution in [0.5, 0.6) is 0 Å². The summed E-state index contributed by atoms with van der Waals surface area (Å²) in [6.07, 6.45) is 0.291. The van der Waals surface area contributed by atoms with Gasteiger partial charge in [0, 0.05) is 11.1 Å². The molecule has 2 unspecified atom stereocenters. The highest BCUT2D eigenvalue weighted by Gasteiger charge is 2.36. The molecule has 1 saturated heterocycles. The Bertz CT molecular complexity index is 587. The van der Waals surface area contributed by atoms with Crippen LogP contribution < -0.4 is 11.2 Å². The summed E-state index contributed by atoms with van der Waals surface area (Å²) in [6.45, 7) is -0.304. The number of aromatic nitrogens is 2. The number of aromatic amines is 2. The molecule has 3 N–H and O–H groups in total. The zero-order valence-electron chi connectivity index (χ0n) is 9.24. The Kier molecular flexibility index (Phi) is 3.47. The van der Waals surface area contributed by atoms with Crippen molar-refractivity contribution in [1.82, 2.24) is 9.97 Å². The number of H-pyrrole nitrogens is 2. The van der Waals surface area contributed by atoms with Crippen LogP contribution in [0.3, 0.4) is 0 Å². The van der Waals surface area contributed by atoms with Crippen LogP contribution in [0.1, 0.15) is 18.1 Å². The van der Waals surface area contributed by atoms with Crippen LogP contribution in [0, 0.1) is 0 Å². The number of hydrogen-bond acceptors (Lipinski definition) is 5. The summed E-state index contributed by atoms with van der Waals surface area (Å²) in [5, 5.41) is 12.6. The molecule has 96 valence electrons. The van der Waals surface area contributed by atoms with Crippen molar-refractivity contribution < 1.29 is 9.84 Å². The largest absolute Gasteiger partial charge is 0.394 e. The molecule has 1 fully saturated rings. The molecule has 1 aliphatic heterocycles. The number of ether oxygens (including phenoxy) is 1. The number of aliphatic hydroxyl groups is 1. The Morgan fingerprint density at radius 3 is 3.00 bits per heavy atom. The molecule has 0 aromatic carbocycles. The van der Waals surface area contributed by atoms with Crippen molar-refractivity contribution in [1.29, 1.82) is 0 Å². The van der Waals surface area contributed by atoms with E-state index in [0.717, 1.165) is 0 Å². The van der Waals surface area contributed by atoms with Crippen LogP contribution in [0.25, 0.3) is 10.4 Å². The predicted octanol–water partition coefficient (Wildman–Crippen LogP) is -0.436. The number of azide groups is 1. The lowest BCUT2D eigenvalue weighted by Gasteiger charge is -2.11. The van der Waals surface area contributed by atoms with E-state index >= 15 is 0 Å². The molecule has 0 radical (unpaired) electrons. The molecule has 1 aliphatic rings. The molecule has 18 heavy (non-hydrogen) atoms. The molecule has 0 amide bonds. The average Bonchev–Trinajstić information content (AvgIpc) is 2.72. The van der Waals surface area contributed by atoms with Crippen LogP contribution in [-0.2, 0) is 4.74 Å². The van der Waals surface area contributed by atoms with Gasteiger partial charge in [-0.25, -0.2) is 4.79 Å². The fourth-order valence-corrected chi connectivity index (χ4v) is 1.94. The summed E-state index contributed by atoms with van der Waals surface area (Å²) < 4.78 is 5.43. The number of aliphatic hydroxyl groups excluding tert-OH is 1. The van der Waals surface area contributed by atoms with Crippen LogP contribution in [0.15, 0.2) is 20.9 Å². The highest BCUT2D eigenvalue weighted by molar-refractivity contribution is 5.11. The van der Waals surface area contributed by atoms with Gasteiger partial charge >= 0.3 is 5.69 Å². The van der Waals surface area contributed by atoms with E-state index in [1.165, 1.54) is 6.20 Å². The third-order valence-electron chi connectivity index (χ3n) is 2.80. The maximum atomic E-state index is 11.6. The van der Waals surface area contributed by atoms with Gasteiger partial charge < -0.3 is 14.8 Å². The molecule has 3 atom stereocenters. The van der Waals surface area contributed by atoms with Gasteiger partial charge in [0.05, 0.1) is 30.4 Å². The summed E-state index contributed by atoms with van der Waals surface area (Å²) in [4.78, 5) is 29.5.